The molecule has 0 aliphatic heterocycles. The number of hydrogen-bond donors (Lipinski definition) is 2. The molecule has 10 heteroatoms. The number of nitrogens with zero attached hydrogens (tertiary/aromatic N) is 3. The van der Waals surface area contributed by atoms with Crippen molar-refractivity contribution in [2.75, 3.05) is 29.9 Å². The lowest BCUT2D eigenvalue weighted by molar-refractivity contribution is -0.0328. The standard InChI is InChI=1S/C24H21F3N4O2S/c1-2-31(10-11-32)22-21(17-5-3-4-16(12-17)14-28)13-18(15-29-22)23(33)30-19-6-8-20(9-7-19)34-24(25,26)27/h3-9,12-13,15,32H,2,10-11H2,1H3,(H,30,33). The Labute approximate surface area is 199 Å². The van der Waals surface area contributed by atoms with E-state index in [2.05, 4.69) is 16.4 Å². The predicted octanol–water partition coefficient (Wildman–Crippen LogP) is 5.30. The van der Waals surface area contributed by atoms with Crippen LogP contribution in [-0.2, 0) is 0 Å². The topological polar surface area (TPSA) is 89.2 Å². The van der Waals surface area contributed by atoms with Gasteiger partial charge in [0.15, 0.2) is 0 Å². The molecule has 0 spiro atoms. The third kappa shape index (κ3) is 6.50. The Morgan fingerprint density at radius 1 is 1.21 bits per heavy atom. The highest BCUT2D eigenvalue weighted by Crippen LogP contribution is 2.37. The monoisotopic (exact) mass is 486 g/mol. The molecule has 3 rings (SSSR count). The van der Waals surface area contributed by atoms with E-state index in [1.807, 2.05) is 11.8 Å². The lowest BCUT2D eigenvalue weighted by Crippen LogP contribution is -2.28. The van der Waals surface area contributed by atoms with Crippen molar-refractivity contribution >= 4 is 29.2 Å². The molecule has 0 aliphatic rings. The highest BCUT2D eigenvalue weighted by Gasteiger charge is 2.29. The number of carbonyl (C=O) groups excluding carboxylic acids is 1. The summed E-state index contributed by atoms with van der Waals surface area (Å²) in [5, 5.41) is 21.4. The first-order valence-corrected chi connectivity index (χ1v) is 11.1. The van der Waals surface area contributed by atoms with Crippen molar-refractivity contribution in [3.63, 3.8) is 0 Å². The summed E-state index contributed by atoms with van der Waals surface area (Å²) in [6, 6.07) is 16.0. The van der Waals surface area contributed by atoms with Gasteiger partial charge in [-0.15, -0.1) is 0 Å². The molecule has 0 bridgehead atoms. The van der Waals surface area contributed by atoms with Gasteiger partial charge < -0.3 is 15.3 Å². The van der Waals surface area contributed by atoms with Crippen molar-refractivity contribution in [3.05, 3.63) is 71.9 Å². The molecule has 0 fully saturated rings. The second kappa shape index (κ2) is 11.0. The van der Waals surface area contributed by atoms with E-state index in [1.54, 1.807) is 30.3 Å². The van der Waals surface area contributed by atoms with Crippen LogP contribution in [0.15, 0.2) is 65.7 Å². The van der Waals surface area contributed by atoms with Crippen LogP contribution in [-0.4, -0.2) is 41.2 Å². The lowest BCUT2D eigenvalue weighted by atomic mass is 10.0. The van der Waals surface area contributed by atoms with Crippen molar-refractivity contribution in [2.45, 2.75) is 17.3 Å². The van der Waals surface area contributed by atoms with Crippen LogP contribution >= 0.6 is 11.8 Å². The average molecular weight is 487 g/mol. The molecule has 3 aromatic rings. The Kier molecular flexibility index (Phi) is 8.15. The zero-order chi connectivity index (χ0) is 24.7. The summed E-state index contributed by atoms with van der Waals surface area (Å²) in [6.45, 7) is 2.72. The molecule has 6 nitrogen and oxygen atoms in total. The number of nitriles is 1. The highest BCUT2D eigenvalue weighted by molar-refractivity contribution is 8.00. The maximum atomic E-state index is 12.9. The normalized spacial score (nSPS) is 11.1. The second-order valence-corrected chi connectivity index (χ2v) is 8.26. The fraction of sp³-hybridized carbons (Fsp3) is 0.208. The van der Waals surface area contributed by atoms with Crippen LogP contribution in [0.5, 0.6) is 0 Å². The van der Waals surface area contributed by atoms with E-state index in [-0.39, 0.29) is 28.8 Å². The number of benzene rings is 2. The largest absolute Gasteiger partial charge is 0.446 e. The molecular weight excluding hydrogens is 465 g/mol. The van der Waals surface area contributed by atoms with Gasteiger partial charge in [0.1, 0.15) is 5.82 Å². The summed E-state index contributed by atoms with van der Waals surface area (Å²) in [6.07, 6.45) is 1.40. The third-order valence-electron chi connectivity index (χ3n) is 4.83. The number of thioether (sulfide) groups is 1. The van der Waals surface area contributed by atoms with Crippen molar-refractivity contribution in [1.29, 1.82) is 5.26 Å². The Bertz CT molecular complexity index is 1190. The molecule has 1 heterocycles. The van der Waals surface area contributed by atoms with Gasteiger partial charge in [0, 0.05) is 35.4 Å². The minimum Gasteiger partial charge on any atom is -0.395 e. The van der Waals surface area contributed by atoms with E-state index in [0.717, 1.165) is 0 Å². The minimum absolute atomic E-state index is 0.0136. The van der Waals surface area contributed by atoms with Gasteiger partial charge in [-0.3, -0.25) is 4.79 Å². The van der Waals surface area contributed by atoms with E-state index in [0.29, 0.717) is 41.3 Å². The van der Waals surface area contributed by atoms with E-state index in [9.17, 15) is 28.3 Å². The van der Waals surface area contributed by atoms with Gasteiger partial charge in [0.2, 0.25) is 0 Å². The van der Waals surface area contributed by atoms with Crippen LogP contribution in [0.3, 0.4) is 0 Å². The van der Waals surface area contributed by atoms with E-state index < -0.39 is 11.4 Å². The molecule has 34 heavy (non-hydrogen) atoms. The number of alkyl halides is 3. The third-order valence-corrected chi connectivity index (χ3v) is 5.57. The number of nitrogens with one attached hydrogen (secondary N) is 1. The molecule has 1 aromatic heterocycles. The first kappa shape index (κ1) is 25.1. The molecule has 0 radical (unpaired) electrons. The maximum absolute atomic E-state index is 12.9. The van der Waals surface area contributed by atoms with Crippen LogP contribution < -0.4 is 10.2 Å². The number of anilines is 2. The van der Waals surface area contributed by atoms with Crippen LogP contribution in [0.25, 0.3) is 11.1 Å². The molecule has 2 N–H and O–H groups in total. The molecule has 0 aliphatic carbocycles. The van der Waals surface area contributed by atoms with Crippen LogP contribution in [0.2, 0.25) is 0 Å². The fourth-order valence-corrected chi connectivity index (χ4v) is 3.82. The number of carbonyl (C=O) groups is 1. The predicted molar refractivity (Wildman–Crippen MR) is 126 cm³/mol. The van der Waals surface area contributed by atoms with Crippen LogP contribution in [0.1, 0.15) is 22.8 Å². The number of rotatable bonds is 8. The zero-order valence-corrected chi connectivity index (χ0v) is 19.0. The summed E-state index contributed by atoms with van der Waals surface area (Å²) in [5.74, 6) is 0.0647. The van der Waals surface area contributed by atoms with E-state index in [4.69, 9.17) is 0 Å². The van der Waals surface area contributed by atoms with Crippen molar-refractivity contribution < 1.29 is 23.1 Å². The summed E-state index contributed by atoms with van der Waals surface area (Å²) < 4.78 is 37.5. The average Bonchev–Trinajstić information content (AvgIpc) is 2.82. The number of aliphatic hydroxyl groups excluding tert-OH is 1. The fourth-order valence-electron chi connectivity index (χ4n) is 3.28. The highest BCUT2D eigenvalue weighted by atomic mass is 32.2. The molecule has 0 saturated heterocycles. The van der Waals surface area contributed by atoms with E-state index >= 15 is 0 Å². The number of halogens is 3. The summed E-state index contributed by atoms with van der Waals surface area (Å²) in [5.41, 5.74) is -2.09. The lowest BCUT2D eigenvalue weighted by Gasteiger charge is -2.24. The Morgan fingerprint density at radius 3 is 2.56 bits per heavy atom. The maximum Gasteiger partial charge on any atom is 0.446 e. The molecule has 0 atom stereocenters. The number of pyridine rings is 1. The number of aromatic nitrogens is 1. The summed E-state index contributed by atoms with van der Waals surface area (Å²) >= 11 is -0.230. The molecular formula is C24H21F3N4O2S. The van der Waals surface area contributed by atoms with Gasteiger partial charge >= 0.3 is 5.51 Å². The smallest absolute Gasteiger partial charge is 0.395 e. The number of hydrogen-bond acceptors (Lipinski definition) is 6. The van der Waals surface area contributed by atoms with Gasteiger partial charge in [-0.2, -0.15) is 18.4 Å². The van der Waals surface area contributed by atoms with Crippen molar-refractivity contribution in [1.82, 2.24) is 4.98 Å². The number of aliphatic hydroxyl groups is 1. The summed E-state index contributed by atoms with van der Waals surface area (Å²) in [7, 11) is 0. The van der Waals surface area contributed by atoms with E-state index in [1.165, 1.54) is 30.5 Å². The Morgan fingerprint density at radius 2 is 1.94 bits per heavy atom. The second-order valence-electron chi connectivity index (χ2n) is 7.12. The van der Waals surface area contributed by atoms with Crippen molar-refractivity contribution in [2.24, 2.45) is 0 Å². The van der Waals surface area contributed by atoms with Gasteiger partial charge in [-0.05, 0) is 66.7 Å². The Balaban J connectivity index is 1.92. The number of amides is 1. The molecule has 2 aromatic carbocycles. The first-order chi connectivity index (χ1) is 16.2. The SMILES string of the molecule is CCN(CCO)c1ncc(C(=O)Nc2ccc(SC(F)(F)F)cc2)cc1-c1cccc(C#N)c1. The van der Waals surface area contributed by atoms with Gasteiger partial charge in [-0.25, -0.2) is 4.98 Å². The number of likely N-dealkylation sites (N-methyl/N-ethyl adjacent to an activating group) is 1. The zero-order valence-electron chi connectivity index (χ0n) is 18.1. The summed E-state index contributed by atoms with van der Waals surface area (Å²) in [4.78, 5) is 19.2. The minimum atomic E-state index is -4.39. The van der Waals surface area contributed by atoms with Crippen LogP contribution in [0, 0.1) is 11.3 Å². The van der Waals surface area contributed by atoms with Crippen LogP contribution in [0.4, 0.5) is 24.7 Å². The van der Waals surface area contributed by atoms with Gasteiger partial charge in [0.05, 0.1) is 23.8 Å². The van der Waals surface area contributed by atoms with Gasteiger partial charge in [0.25, 0.3) is 5.91 Å². The van der Waals surface area contributed by atoms with Gasteiger partial charge in [-0.1, -0.05) is 12.1 Å². The Hall–Kier alpha value is -3.55. The molecule has 0 saturated carbocycles. The molecule has 176 valence electrons. The van der Waals surface area contributed by atoms with Crippen molar-refractivity contribution in [3.8, 4) is 17.2 Å². The first-order valence-electron chi connectivity index (χ1n) is 10.3. The quantitative estimate of drug-likeness (QED) is 0.420. The molecule has 1 amide bonds. The molecule has 0 unspecified atom stereocenters.